The van der Waals surface area contributed by atoms with Crippen LogP contribution < -0.4 is 5.32 Å². The fourth-order valence-corrected chi connectivity index (χ4v) is 8.31. The lowest BCUT2D eigenvalue weighted by atomic mass is 10.0. The van der Waals surface area contributed by atoms with Crippen molar-refractivity contribution >= 4 is 5.91 Å². The molecule has 1 amide bonds. The fraction of sp³-hybridized carbons (Fsp3) is 0.942. The van der Waals surface area contributed by atoms with Crippen LogP contribution in [0, 0.1) is 0 Å². The zero-order chi connectivity index (χ0) is 41.5. The molecule has 0 aliphatic carbocycles. The van der Waals surface area contributed by atoms with Gasteiger partial charge < -0.3 is 20.6 Å². The van der Waals surface area contributed by atoms with E-state index in [1.807, 2.05) is 0 Å². The number of nitrogens with one attached hydrogen (secondary N) is 1. The van der Waals surface area contributed by atoms with E-state index in [1.54, 1.807) is 0 Å². The summed E-state index contributed by atoms with van der Waals surface area (Å²) in [6.45, 7) is 4.26. The average molecular weight is 806 g/mol. The van der Waals surface area contributed by atoms with Gasteiger partial charge in [-0.1, -0.05) is 264 Å². The Morgan fingerprint density at radius 1 is 0.404 bits per heavy atom. The first-order chi connectivity index (χ1) is 28.1. The van der Waals surface area contributed by atoms with Crippen molar-refractivity contribution in [1.29, 1.82) is 0 Å². The highest BCUT2D eigenvalue weighted by atomic mass is 16.3. The van der Waals surface area contributed by atoms with Crippen LogP contribution >= 0.6 is 0 Å². The van der Waals surface area contributed by atoms with Gasteiger partial charge in [-0.15, -0.1) is 0 Å². The summed E-state index contributed by atoms with van der Waals surface area (Å²) < 4.78 is 0. The number of rotatable bonds is 48. The second-order valence-corrected chi connectivity index (χ2v) is 18.1. The zero-order valence-corrected chi connectivity index (χ0v) is 38.7. The molecule has 0 spiro atoms. The Morgan fingerprint density at radius 2 is 0.667 bits per heavy atom. The first-order valence-corrected chi connectivity index (χ1v) is 26.0. The van der Waals surface area contributed by atoms with Crippen LogP contribution in [0.3, 0.4) is 0 Å². The maximum Gasteiger partial charge on any atom is 0.249 e. The second-order valence-electron chi connectivity index (χ2n) is 18.1. The minimum absolute atomic E-state index is 0.312. The summed E-state index contributed by atoms with van der Waals surface area (Å²) in [5.74, 6) is -0.470. The fourth-order valence-electron chi connectivity index (χ4n) is 8.31. The number of hydrogen-bond donors (Lipinski definition) is 4. The van der Waals surface area contributed by atoms with Crippen LogP contribution in [0.25, 0.3) is 0 Å². The van der Waals surface area contributed by atoms with E-state index in [0.29, 0.717) is 12.8 Å². The van der Waals surface area contributed by atoms with Crippen LogP contribution in [-0.4, -0.2) is 46.1 Å². The van der Waals surface area contributed by atoms with Gasteiger partial charge in [0.05, 0.1) is 18.8 Å². The third-order valence-corrected chi connectivity index (χ3v) is 12.4. The first kappa shape index (κ1) is 56.1. The first-order valence-electron chi connectivity index (χ1n) is 26.0. The predicted octanol–water partition coefficient (Wildman–Crippen LogP) is 15.6. The van der Waals surface area contributed by atoms with Gasteiger partial charge in [0, 0.05) is 0 Å². The molecule has 0 radical (unpaired) electrons. The third-order valence-electron chi connectivity index (χ3n) is 12.4. The van der Waals surface area contributed by atoms with Gasteiger partial charge in [-0.25, -0.2) is 0 Å². The van der Waals surface area contributed by atoms with Crippen molar-refractivity contribution in [1.82, 2.24) is 5.32 Å². The number of carbonyl (C=O) groups is 1. The van der Waals surface area contributed by atoms with Crippen molar-refractivity contribution in [3.05, 3.63) is 12.2 Å². The molecule has 340 valence electrons. The van der Waals surface area contributed by atoms with Gasteiger partial charge in [-0.2, -0.15) is 0 Å². The lowest BCUT2D eigenvalue weighted by Crippen LogP contribution is -2.49. The summed E-state index contributed by atoms with van der Waals surface area (Å²) >= 11 is 0. The molecule has 5 heteroatoms. The van der Waals surface area contributed by atoms with Crippen LogP contribution in [0.2, 0.25) is 0 Å². The van der Waals surface area contributed by atoms with Gasteiger partial charge in [-0.3, -0.25) is 4.79 Å². The van der Waals surface area contributed by atoms with Crippen LogP contribution in [0.1, 0.15) is 290 Å². The molecule has 0 aromatic carbocycles. The third kappa shape index (κ3) is 43.0. The van der Waals surface area contributed by atoms with E-state index < -0.39 is 24.2 Å². The Morgan fingerprint density at radius 3 is 0.965 bits per heavy atom. The Hall–Kier alpha value is -0.910. The van der Waals surface area contributed by atoms with E-state index in [0.717, 1.165) is 32.1 Å². The summed E-state index contributed by atoms with van der Waals surface area (Å²) in [7, 11) is 0. The summed E-state index contributed by atoms with van der Waals surface area (Å²) in [6.07, 6.45) is 58.1. The number of hydrogen-bond acceptors (Lipinski definition) is 4. The molecule has 0 saturated heterocycles. The van der Waals surface area contributed by atoms with Gasteiger partial charge in [-0.05, 0) is 38.5 Å². The van der Waals surface area contributed by atoms with E-state index in [-0.39, 0.29) is 6.61 Å². The average Bonchev–Trinajstić information content (AvgIpc) is 3.22. The van der Waals surface area contributed by atoms with E-state index in [2.05, 4.69) is 31.3 Å². The second kappa shape index (κ2) is 47.8. The SMILES string of the molecule is CCCCCCCCCCCCC/C=C\CCCCCCCCC(O)C(=O)NC(CO)C(O)CCCCCCCCCCCCCCCCCCCCCCCC. The largest absolute Gasteiger partial charge is 0.394 e. The summed E-state index contributed by atoms with van der Waals surface area (Å²) in [4.78, 5) is 12.5. The normalized spacial score (nSPS) is 13.4. The smallest absolute Gasteiger partial charge is 0.249 e. The molecule has 57 heavy (non-hydrogen) atoms. The number of aliphatic hydroxyl groups is 3. The molecule has 0 bridgehead atoms. The van der Waals surface area contributed by atoms with E-state index in [9.17, 15) is 20.1 Å². The maximum absolute atomic E-state index is 12.5. The zero-order valence-electron chi connectivity index (χ0n) is 38.7. The molecule has 0 aromatic heterocycles. The maximum atomic E-state index is 12.5. The molecule has 0 saturated carbocycles. The van der Waals surface area contributed by atoms with Crippen LogP contribution in [-0.2, 0) is 4.79 Å². The lowest BCUT2D eigenvalue weighted by Gasteiger charge is -2.23. The number of carbonyl (C=O) groups excluding carboxylic acids is 1. The van der Waals surface area contributed by atoms with Crippen molar-refractivity contribution in [2.45, 2.75) is 308 Å². The topological polar surface area (TPSA) is 89.8 Å². The molecule has 0 fully saturated rings. The van der Waals surface area contributed by atoms with E-state index in [1.165, 1.54) is 231 Å². The van der Waals surface area contributed by atoms with Crippen molar-refractivity contribution in [2.24, 2.45) is 0 Å². The van der Waals surface area contributed by atoms with Crippen LogP contribution in [0.4, 0.5) is 0 Å². The van der Waals surface area contributed by atoms with Crippen LogP contribution in [0.5, 0.6) is 0 Å². The van der Waals surface area contributed by atoms with Crippen LogP contribution in [0.15, 0.2) is 12.2 Å². The Labute approximate surface area is 357 Å². The molecule has 5 nitrogen and oxygen atoms in total. The number of amides is 1. The molecule has 0 rings (SSSR count). The highest BCUT2D eigenvalue weighted by Crippen LogP contribution is 2.17. The quantitative estimate of drug-likeness (QED) is 0.0364. The van der Waals surface area contributed by atoms with E-state index >= 15 is 0 Å². The number of allylic oxidation sites excluding steroid dienone is 2. The van der Waals surface area contributed by atoms with Gasteiger partial charge in [0.25, 0.3) is 0 Å². The molecule has 0 aromatic rings. The monoisotopic (exact) mass is 806 g/mol. The molecule has 4 N–H and O–H groups in total. The van der Waals surface area contributed by atoms with Gasteiger partial charge >= 0.3 is 0 Å². The van der Waals surface area contributed by atoms with Crippen molar-refractivity contribution in [3.63, 3.8) is 0 Å². The molecule has 0 aliphatic rings. The molecule has 0 heterocycles. The van der Waals surface area contributed by atoms with Crippen molar-refractivity contribution in [3.8, 4) is 0 Å². The van der Waals surface area contributed by atoms with Gasteiger partial charge in [0.2, 0.25) is 5.91 Å². The molecular formula is C52H103NO4. The molecule has 3 unspecified atom stereocenters. The Bertz CT molecular complexity index is 803. The summed E-state index contributed by atoms with van der Waals surface area (Å²) in [5, 5.41) is 33.5. The van der Waals surface area contributed by atoms with Crippen molar-refractivity contribution in [2.75, 3.05) is 6.61 Å². The summed E-state index contributed by atoms with van der Waals surface area (Å²) in [6, 6.07) is -0.712. The predicted molar refractivity (Wildman–Crippen MR) is 250 cm³/mol. The highest BCUT2D eigenvalue weighted by molar-refractivity contribution is 5.80. The van der Waals surface area contributed by atoms with Gasteiger partial charge in [0.15, 0.2) is 0 Å². The summed E-state index contributed by atoms with van der Waals surface area (Å²) in [5.41, 5.74) is 0. The highest BCUT2D eigenvalue weighted by Gasteiger charge is 2.23. The molecule has 3 atom stereocenters. The Balaban J connectivity index is 3.56. The Kier molecular flexibility index (Phi) is 47.0. The lowest BCUT2D eigenvalue weighted by molar-refractivity contribution is -0.131. The number of aliphatic hydroxyl groups excluding tert-OH is 3. The molecular weight excluding hydrogens is 703 g/mol. The van der Waals surface area contributed by atoms with E-state index in [4.69, 9.17) is 0 Å². The standard InChI is InChI=1S/C52H103NO4/c1-3-5-7-9-11-13-15-17-19-21-23-25-27-28-30-32-34-36-38-40-42-44-46-50(55)49(48-54)53-52(57)51(56)47-45-43-41-39-37-35-33-31-29-26-24-22-20-18-16-14-12-10-8-6-4-2/h29,31,49-51,54-56H,3-28,30,32-48H2,1-2H3,(H,53,57)/b31-29-. The molecule has 0 aliphatic heterocycles. The van der Waals surface area contributed by atoms with Crippen molar-refractivity contribution < 1.29 is 20.1 Å². The minimum atomic E-state index is -1.08. The number of unbranched alkanes of at least 4 members (excludes halogenated alkanes) is 38. The minimum Gasteiger partial charge on any atom is -0.394 e. The van der Waals surface area contributed by atoms with Gasteiger partial charge in [0.1, 0.15) is 6.10 Å².